The number of amidine groups is 1. The number of aromatic nitrogens is 5. The quantitative estimate of drug-likeness (QED) is 0.204. The molecule has 0 aliphatic rings. The highest BCUT2D eigenvalue weighted by Gasteiger charge is 2.23. The minimum atomic E-state index is -0.520. The fourth-order valence-corrected chi connectivity index (χ4v) is 3.82. The fourth-order valence-electron chi connectivity index (χ4n) is 2.53. The van der Waals surface area contributed by atoms with Crippen molar-refractivity contribution in [2.45, 2.75) is 6.92 Å². The number of carbonyl (C=O) groups is 1. The van der Waals surface area contributed by atoms with E-state index in [-0.39, 0.29) is 21.8 Å². The summed E-state index contributed by atoms with van der Waals surface area (Å²) in [4.78, 5) is 29.8. The van der Waals surface area contributed by atoms with Gasteiger partial charge in [0.25, 0.3) is 5.91 Å². The second-order valence-corrected chi connectivity index (χ2v) is 7.96. The van der Waals surface area contributed by atoms with Gasteiger partial charge in [0.15, 0.2) is 11.5 Å². The zero-order chi connectivity index (χ0) is 22.7. The van der Waals surface area contributed by atoms with Crippen LogP contribution in [0.4, 0.5) is 15.9 Å². The highest BCUT2D eigenvalue weighted by Crippen LogP contribution is 2.27. The van der Waals surface area contributed by atoms with Crippen molar-refractivity contribution in [3.63, 3.8) is 0 Å². The SMILES string of the molecule is Cc1nc(-c2cnccn2)sc1C(=O)Nc1nonc1C(=Nc1ccc(F)c(Br)c1)NO. The third-order valence-corrected chi connectivity index (χ3v) is 5.77. The molecule has 32 heavy (non-hydrogen) atoms. The molecule has 1 amide bonds. The molecule has 0 saturated heterocycles. The standard InChI is InChI=1S/C18H12BrFN8O3S/c1-8-14(32-18(23-8)12-7-21-4-5-22-12)17(29)25-16-13(27-31-28-16)15(26-30)24-9-2-3-11(20)10(19)6-9/h2-7,30H,1H3,(H,24,26)(H,25,28,29). The molecule has 4 aromatic rings. The number of nitrogens with zero attached hydrogens (tertiary/aromatic N) is 6. The number of nitrogens with one attached hydrogen (secondary N) is 2. The van der Waals surface area contributed by atoms with E-state index in [4.69, 9.17) is 4.63 Å². The Labute approximate surface area is 191 Å². The van der Waals surface area contributed by atoms with Crippen molar-refractivity contribution in [3.8, 4) is 10.7 Å². The number of halogens is 2. The summed E-state index contributed by atoms with van der Waals surface area (Å²) in [7, 11) is 0. The topological polar surface area (TPSA) is 151 Å². The molecule has 0 radical (unpaired) electrons. The number of aryl methyl sites for hydroxylation is 1. The first-order chi connectivity index (χ1) is 15.5. The molecule has 3 aromatic heterocycles. The van der Waals surface area contributed by atoms with Crippen LogP contribution in [-0.2, 0) is 0 Å². The number of anilines is 1. The normalized spacial score (nSPS) is 11.4. The zero-order valence-electron chi connectivity index (χ0n) is 16.1. The van der Waals surface area contributed by atoms with Crippen LogP contribution >= 0.6 is 27.3 Å². The maximum Gasteiger partial charge on any atom is 0.268 e. The van der Waals surface area contributed by atoms with Crippen LogP contribution in [0.25, 0.3) is 10.7 Å². The molecule has 14 heteroatoms. The average molecular weight is 519 g/mol. The molecule has 162 valence electrons. The highest BCUT2D eigenvalue weighted by molar-refractivity contribution is 9.10. The average Bonchev–Trinajstić information content (AvgIpc) is 3.41. The van der Waals surface area contributed by atoms with Crippen LogP contribution < -0.4 is 10.8 Å². The predicted octanol–water partition coefficient (Wildman–Crippen LogP) is 3.50. The van der Waals surface area contributed by atoms with Crippen LogP contribution in [-0.4, -0.2) is 42.2 Å². The second-order valence-electron chi connectivity index (χ2n) is 6.11. The largest absolute Gasteiger partial charge is 0.301 e. The minimum Gasteiger partial charge on any atom is -0.301 e. The summed E-state index contributed by atoms with van der Waals surface area (Å²) in [5, 5.41) is 19.9. The molecule has 0 unspecified atom stereocenters. The van der Waals surface area contributed by atoms with E-state index in [0.29, 0.717) is 27.0 Å². The van der Waals surface area contributed by atoms with Crippen LogP contribution in [0, 0.1) is 12.7 Å². The van der Waals surface area contributed by atoms with Crippen molar-refractivity contribution in [2.75, 3.05) is 5.32 Å². The third kappa shape index (κ3) is 4.51. The molecule has 0 saturated carbocycles. The van der Waals surface area contributed by atoms with Crippen molar-refractivity contribution in [1.29, 1.82) is 0 Å². The van der Waals surface area contributed by atoms with E-state index in [9.17, 15) is 14.4 Å². The van der Waals surface area contributed by atoms with Crippen molar-refractivity contribution in [3.05, 3.63) is 63.3 Å². The van der Waals surface area contributed by atoms with Gasteiger partial charge < -0.3 is 5.32 Å². The monoisotopic (exact) mass is 518 g/mol. The summed E-state index contributed by atoms with van der Waals surface area (Å²) < 4.78 is 18.3. The predicted molar refractivity (Wildman–Crippen MR) is 115 cm³/mol. The van der Waals surface area contributed by atoms with Gasteiger partial charge in [-0.2, -0.15) is 0 Å². The van der Waals surface area contributed by atoms with E-state index in [0.717, 1.165) is 11.3 Å². The van der Waals surface area contributed by atoms with Gasteiger partial charge in [0.2, 0.25) is 5.82 Å². The zero-order valence-corrected chi connectivity index (χ0v) is 18.5. The molecule has 1 aromatic carbocycles. The Balaban J connectivity index is 1.60. The molecule has 4 rings (SSSR count). The smallest absolute Gasteiger partial charge is 0.268 e. The Morgan fingerprint density at radius 2 is 2.16 bits per heavy atom. The lowest BCUT2D eigenvalue weighted by molar-refractivity contribution is 0.102. The molecule has 3 heterocycles. The van der Waals surface area contributed by atoms with E-state index >= 15 is 0 Å². The second kappa shape index (κ2) is 9.25. The molecular formula is C18H12BrFN8O3S. The van der Waals surface area contributed by atoms with Gasteiger partial charge in [-0.05, 0) is 51.4 Å². The number of hydroxylamine groups is 1. The van der Waals surface area contributed by atoms with Crippen LogP contribution in [0.5, 0.6) is 0 Å². The number of hydrogen-bond donors (Lipinski definition) is 3. The number of aliphatic imine (C=N–C) groups is 1. The molecule has 3 N–H and O–H groups in total. The van der Waals surface area contributed by atoms with E-state index in [1.807, 2.05) is 5.48 Å². The van der Waals surface area contributed by atoms with Gasteiger partial charge >= 0.3 is 0 Å². The highest BCUT2D eigenvalue weighted by atomic mass is 79.9. The van der Waals surface area contributed by atoms with E-state index < -0.39 is 11.7 Å². The van der Waals surface area contributed by atoms with Gasteiger partial charge in [-0.25, -0.2) is 19.0 Å². The first-order valence-electron chi connectivity index (χ1n) is 8.78. The Kier molecular flexibility index (Phi) is 6.25. The first-order valence-corrected chi connectivity index (χ1v) is 10.4. The molecule has 0 fully saturated rings. The number of carbonyl (C=O) groups excluding carboxylic acids is 1. The van der Waals surface area contributed by atoms with Crippen molar-refractivity contribution in [1.82, 2.24) is 30.7 Å². The maximum atomic E-state index is 13.4. The lowest BCUT2D eigenvalue weighted by Gasteiger charge is -2.05. The first kappa shape index (κ1) is 21.6. The van der Waals surface area contributed by atoms with Gasteiger partial charge in [-0.1, -0.05) is 0 Å². The van der Waals surface area contributed by atoms with Crippen LogP contribution in [0.1, 0.15) is 21.1 Å². The number of rotatable bonds is 5. The van der Waals surface area contributed by atoms with E-state index in [1.165, 1.54) is 30.6 Å². The maximum absolute atomic E-state index is 13.4. The fraction of sp³-hybridized carbons (Fsp3) is 0.0556. The Bertz CT molecular complexity index is 1310. The molecule has 0 aliphatic heterocycles. The van der Waals surface area contributed by atoms with Gasteiger partial charge in [-0.3, -0.25) is 25.4 Å². The number of thiazole rings is 1. The van der Waals surface area contributed by atoms with Crippen LogP contribution in [0.2, 0.25) is 0 Å². The third-order valence-electron chi connectivity index (χ3n) is 3.98. The van der Waals surface area contributed by atoms with Crippen molar-refractivity contribution in [2.24, 2.45) is 4.99 Å². The summed E-state index contributed by atoms with van der Waals surface area (Å²) >= 11 is 4.19. The molecular weight excluding hydrogens is 507 g/mol. The lowest BCUT2D eigenvalue weighted by Crippen LogP contribution is -2.23. The summed E-state index contributed by atoms with van der Waals surface area (Å²) in [6.45, 7) is 1.68. The van der Waals surface area contributed by atoms with E-state index in [1.54, 1.807) is 13.1 Å². The molecule has 0 atom stereocenters. The van der Waals surface area contributed by atoms with Crippen LogP contribution in [0.15, 0.2) is 50.9 Å². The Morgan fingerprint density at radius 1 is 1.31 bits per heavy atom. The summed E-state index contributed by atoms with van der Waals surface area (Å²) in [5.74, 6) is -1.26. The van der Waals surface area contributed by atoms with Gasteiger partial charge in [0, 0.05) is 12.4 Å². The summed E-state index contributed by atoms with van der Waals surface area (Å²) in [6, 6.07) is 3.98. The molecule has 0 aliphatic carbocycles. The Hall–Kier alpha value is -3.62. The van der Waals surface area contributed by atoms with Crippen molar-refractivity contribution < 1.29 is 19.0 Å². The summed E-state index contributed by atoms with van der Waals surface area (Å²) in [6.07, 6.45) is 4.61. The van der Waals surface area contributed by atoms with Gasteiger partial charge in [0.05, 0.1) is 22.1 Å². The number of hydrogen-bond acceptors (Lipinski definition) is 10. The Morgan fingerprint density at radius 3 is 2.88 bits per heavy atom. The van der Waals surface area contributed by atoms with Crippen LogP contribution in [0.3, 0.4) is 0 Å². The van der Waals surface area contributed by atoms with Crippen molar-refractivity contribution >= 4 is 50.5 Å². The van der Waals surface area contributed by atoms with Gasteiger partial charge in [0.1, 0.15) is 21.4 Å². The number of amides is 1. The molecule has 0 bridgehead atoms. The molecule has 0 spiro atoms. The molecule has 11 nitrogen and oxygen atoms in total. The minimum absolute atomic E-state index is 0.0717. The van der Waals surface area contributed by atoms with E-state index in [2.05, 4.69) is 51.5 Å². The summed E-state index contributed by atoms with van der Waals surface area (Å²) in [5.41, 5.74) is 3.12. The van der Waals surface area contributed by atoms with Gasteiger partial charge in [-0.15, -0.1) is 11.3 Å². The number of benzene rings is 1. The lowest BCUT2D eigenvalue weighted by atomic mass is 10.3.